The minimum Gasteiger partial charge on any atom is -0.469 e. The number of rotatable bonds is 6. The predicted molar refractivity (Wildman–Crippen MR) is 67.6 cm³/mol. The fourth-order valence-electron chi connectivity index (χ4n) is 1.59. The van der Waals surface area contributed by atoms with Gasteiger partial charge in [0, 0.05) is 31.6 Å². The molecule has 2 heterocycles. The van der Waals surface area contributed by atoms with Crippen LogP contribution in [0.4, 0.5) is 5.69 Å². The van der Waals surface area contributed by atoms with Gasteiger partial charge in [-0.15, -0.1) is 0 Å². The maximum Gasteiger partial charge on any atom is 0.105 e. The molecule has 0 aromatic carbocycles. The van der Waals surface area contributed by atoms with Gasteiger partial charge >= 0.3 is 0 Å². The molecule has 0 bridgehead atoms. The van der Waals surface area contributed by atoms with Crippen molar-refractivity contribution in [2.75, 3.05) is 18.8 Å². The Bertz CT molecular complexity index is 422. The highest BCUT2D eigenvalue weighted by atomic mass is 16.3. The summed E-state index contributed by atoms with van der Waals surface area (Å²) in [6, 6.07) is 7.74. The van der Waals surface area contributed by atoms with Gasteiger partial charge in [0.2, 0.25) is 0 Å². The third kappa shape index (κ3) is 3.92. The van der Waals surface area contributed by atoms with E-state index in [0.29, 0.717) is 5.69 Å². The summed E-state index contributed by atoms with van der Waals surface area (Å²) in [7, 11) is 0. The first-order valence-electron chi connectivity index (χ1n) is 5.78. The lowest BCUT2D eigenvalue weighted by atomic mass is 10.2. The number of hydrogen-bond donors (Lipinski definition) is 2. The van der Waals surface area contributed by atoms with E-state index in [-0.39, 0.29) is 0 Å². The monoisotopic (exact) mass is 231 g/mol. The van der Waals surface area contributed by atoms with Crippen LogP contribution in [0.25, 0.3) is 0 Å². The number of furan rings is 1. The van der Waals surface area contributed by atoms with E-state index in [2.05, 4.69) is 10.3 Å². The van der Waals surface area contributed by atoms with Crippen molar-refractivity contribution in [1.29, 1.82) is 0 Å². The molecule has 0 amide bonds. The molecule has 0 fully saturated rings. The van der Waals surface area contributed by atoms with E-state index in [4.69, 9.17) is 10.2 Å². The zero-order valence-corrected chi connectivity index (χ0v) is 9.73. The number of nitrogens with two attached hydrogens (primary N) is 1. The van der Waals surface area contributed by atoms with E-state index in [1.54, 1.807) is 12.5 Å². The Hall–Kier alpha value is -1.81. The fourth-order valence-corrected chi connectivity index (χ4v) is 1.59. The summed E-state index contributed by atoms with van der Waals surface area (Å²) in [6.07, 6.45) is 5.23. The number of nitrogens with zero attached hydrogens (tertiary/aromatic N) is 1. The quantitative estimate of drug-likeness (QED) is 0.742. The summed E-state index contributed by atoms with van der Waals surface area (Å²) < 4.78 is 5.25. The Balaban J connectivity index is 1.61. The highest BCUT2D eigenvalue weighted by molar-refractivity contribution is 5.34. The second kappa shape index (κ2) is 6.06. The fraction of sp³-hybridized carbons (Fsp3) is 0.308. The van der Waals surface area contributed by atoms with Gasteiger partial charge in [-0.3, -0.25) is 4.98 Å². The lowest BCUT2D eigenvalue weighted by Crippen LogP contribution is -2.20. The number of nitrogen functional groups attached to an aromatic ring is 1. The summed E-state index contributed by atoms with van der Waals surface area (Å²) in [4.78, 5) is 4.24. The molecule has 0 saturated carbocycles. The van der Waals surface area contributed by atoms with Crippen molar-refractivity contribution < 1.29 is 4.42 Å². The van der Waals surface area contributed by atoms with Gasteiger partial charge in [0.05, 0.1) is 18.1 Å². The van der Waals surface area contributed by atoms with Crippen LogP contribution in [-0.2, 0) is 12.8 Å². The van der Waals surface area contributed by atoms with Crippen LogP contribution in [0.5, 0.6) is 0 Å². The van der Waals surface area contributed by atoms with E-state index >= 15 is 0 Å². The average molecular weight is 231 g/mol. The van der Waals surface area contributed by atoms with Crippen LogP contribution < -0.4 is 11.1 Å². The first kappa shape index (κ1) is 11.7. The van der Waals surface area contributed by atoms with E-state index in [1.807, 2.05) is 24.3 Å². The van der Waals surface area contributed by atoms with E-state index in [0.717, 1.165) is 37.4 Å². The van der Waals surface area contributed by atoms with Crippen molar-refractivity contribution in [3.8, 4) is 0 Å². The molecule has 3 N–H and O–H groups in total. The molecule has 2 aromatic rings. The van der Waals surface area contributed by atoms with Gasteiger partial charge in [0.15, 0.2) is 0 Å². The molecule has 90 valence electrons. The molecule has 0 saturated heterocycles. The minimum absolute atomic E-state index is 0.708. The van der Waals surface area contributed by atoms with Crippen LogP contribution in [0.2, 0.25) is 0 Å². The van der Waals surface area contributed by atoms with Crippen molar-refractivity contribution in [2.24, 2.45) is 0 Å². The Morgan fingerprint density at radius 1 is 1.18 bits per heavy atom. The molecule has 0 aliphatic rings. The first-order chi connectivity index (χ1) is 8.34. The highest BCUT2D eigenvalue weighted by Crippen LogP contribution is 2.01. The standard InChI is InChI=1S/C13H17N3O/c14-11-3-4-12(16-10-11)5-7-15-8-6-13-2-1-9-17-13/h1-4,9-10,15H,5-8,14H2. The van der Waals surface area contributed by atoms with E-state index in [1.165, 1.54) is 0 Å². The van der Waals surface area contributed by atoms with Gasteiger partial charge in [-0.1, -0.05) is 0 Å². The van der Waals surface area contributed by atoms with Crippen LogP contribution in [0.3, 0.4) is 0 Å². The second-order valence-electron chi connectivity index (χ2n) is 3.91. The summed E-state index contributed by atoms with van der Waals surface area (Å²) in [5, 5.41) is 3.36. The number of hydrogen-bond acceptors (Lipinski definition) is 4. The summed E-state index contributed by atoms with van der Waals surface area (Å²) >= 11 is 0. The normalized spacial score (nSPS) is 10.6. The van der Waals surface area contributed by atoms with Crippen LogP contribution in [0.15, 0.2) is 41.1 Å². The molecular formula is C13H17N3O. The topological polar surface area (TPSA) is 64.1 Å². The van der Waals surface area contributed by atoms with Crippen LogP contribution in [-0.4, -0.2) is 18.1 Å². The van der Waals surface area contributed by atoms with Crippen molar-refractivity contribution in [2.45, 2.75) is 12.8 Å². The highest BCUT2D eigenvalue weighted by Gasteiger charge is 1.96. The minimum atomic E-state index is 0.708. The molecule has 4 nitrogen and oxygen atoms in total. The van der Waals surface area contributed by atoms with Gasteiger partial charge in [-0.25, -0.2) is 0 Å². The Labute approximate surface area is 101 Å². The molecule has 2 aromatic heterocycles. The van der Waals surface area contributed by atoms with Crippen molar-refractivity contribution in [3.63, 3.8) is 0 Å². The maximum absolute atomic E-state index is 5.57. The number of nitrogens with one attached hydrogen (secondary N) is 1. The van der Waals surface area contributed by atoms with E-state index < -0.39 is 0 Å². The average Bonchev–Trinajstić information content (AvgIpc) is 2.84. The second-order valence-corrected chi connectivity index (χ2v) is 3.91. The molecule has 0 aliphatic heterocycles. The predicted octanol–water partition coefficient (Wildman–Crippen LogP) is 1.63. The van der Waals surface area contributed by atoms with Gasteiger partial charge in [-0.05, 0) is 24.3 Å². The van der Waals surface area contributed by atoms with Gasteiger partial charge < -0.3 is 15.5 Å². The number of pyridine rings is 1. The first-order valence-corrected chi connectivity index (χ1v) is 5.78. The third-order valence-corrected chi connectivity index (χ3v) is 2.53. The summed E-state index contributed by atoms with van der Waals surface area (Å²) in [5.74, 6) is 1.02. The summed E-state index contributed by atoms with van der Waals surface area (Å²) in [5.41, 5.74) is 7.34. The van der Waals surface area contributed by atoms with Crippen LogP contribution in [0.1, 0.15) is 11.5 Å². The largest absolute Gasteiger partial charge is 0.469 e. The zero-order valence-electron chi connectivity index (χ0n) is 9.73. The SMILES string of the molecule is Nc1ccc(CCNCCc2ccco2)nc1. The lowest BCUT2D eigenvalue weighted by molar-refractivity contribution is 0.499. The molecule has 4 heteroatoms. The molecule has 0 radical (unpaired) electrons. The smallest absolute Gasteiger partial charge is 0.105 e. The molecule has 17 heavy (non-hydrogen) atoms. The number of anilines is 1. The van der Waals surface area contributed by atoms with Crippen molar-refractivity contribution >= 4 is 5.69 Å². The van der Waals surface area contributed by atoms with Crippen LogP contribution >= 0.6 is 0 Å². The zero-order chi connectivity index (χ0) is 11.9. The van der Waals surface area contributed by atoms with Crippen molar-refractivity contribution in [1.82, 2.24) is 10.3 Å². The van der Waals surface area contributed by atoms with Gasteiger partial charge in [-0.2, -0.15) is 0 Å². The van der Waals surface area contributed by atoms with Crippen LogP contribution in [0, 0.1) is 0 Å². The molecule has 0 aliphatic carbocycles. The molecule has 0 atom stereocenters. The Morgan fingerprint density at radius 2 is 2.06 bits per heavy atom. The Morgan fingerprint density at radius 3 is 2.76 bits per heavy atom. The van der Waals surface area contributed by atoms with Gasteiger partial charge in [0.1, 0.15) is 5.76 Å². The molecular weight excluding hydrogens is 214 g/mol. The Kier molecular flexibility index (Phi) is 4.16. The molecule has 0 unspecified atom stereocenters. The number of aromatic nitrogens is 1. The van der Waals surface area contributed by atoms with Crippen molar-refractivity contribution in [3.05, 3.63) is 48.2 Å². The molecule has 2 rings (SSSR count). The third-order valence-electron chi connectivity index (χ3n) is 2.53. The van der Waals surface area contributed by atoms with Gasteiger partial charge in [0.25, 0.3) is 0 Å². The van der Waals surface area contributed by atoms with E-state index in [9.17, 15) is 0 Å². The summed E-state index contributed by atoms with van der Waals surface area (Å²) in [6.45, 7) is 1.83. The lowest BCUT2D eigenvalue weighted by Gasteiger charge is -2.03. The molecule has 0 spiro atoms. The maximum atomic E-state index is 5.57.